The van der Waals surface area contributed by atoms with Gasteiger partial charge < -0.3 is 15.1 Å². The minimum absolute atomic E-state index is 0.0705. The number of phenolic OH excluding ortho intramolecular Hbond substituents is 1. The summed E-state index contributed by atoms with van der Waals surface area (Å²) in [6.07, 6.45) is 5.80. The molecule has 0 bridgehead atoms. The first-order valence-electron chi connectivity index (χ1n) is 5.91. The number of rotatable bonds is 7. The molecule has 0 aliphatic heterocycles. The molecule has 17 heavy (non-hydrogen) atoms. The monoisotopic (exact) mass is 237 g/mol. The van der Waals surface area contributed by atoms with Gasteiger partial charge >= 0.3 is 0 Å². The van der Waals surface area contributed by atoms with Crippen molar-refractivity contribution in [2.45, 2.75) is 32.6 Å². The van der Waals surface area contributed by atoms with Gasteiger partial charge in [-0.25, -0.2) is 0 Å². The van der Waals surface area contributed by atoms with E-state index in [0.29, 0.717) is 17.9 Å². The van der Waals surface area contributed by atoms with Crippen molar-refractivity contribution in [3.05, 3.63) is 23.8 Å². The summed E-state index contributed by atoms with van der Waals surface area (Å²) in [5.74, 6) is 0.746. The van der Waals surface area contributed by atoms with Gasteiger partial charge in [-0.05, 0) is 24.6 Å². The Morgan fingerprint density at radius 2 is 2.12 bits per heavy atom. The number of hydrogen-bond donors (Lipinski definition) is 2. The second kappa shape index (κ2) is 7.54. The standard InChI is InChI=1S/C13H19NO3/c1-2-3-4-5-8-17-12-6-7-13(15)11(9-12)10-14-16/h6-7,9-10,15-16H,2-5,8H2,1H3/b14-10+. The molecule has 1 aromatic rings. The molecule has 0 unspecified atom stereocenters. The van der Waals surface area contributed by atoms with E-state index in [-0.39, 0.29) is 5.75 Å². The molecular weight excluding hydrogens is 218 g/mol. The zero-order valence-corrected chi connectivity index (χ0v) is 10.1. The Hall–Kier alpha value is -1.71. The average Bonchev–Trinajstić information content (AvgIpc) is 2.33. The van der Waals surface area contributed by atoms with Crippen molar-refractivity contribution in [1.29, 1.82) is 0 Å². The van der Waals surface area contributed by atoms with Crippen LogP contribution in [0, 0.1) is 0 Å². The summed E-state index contributed by atoms with van der Waals surface area (Å²) in [6, 6.07) is 4.87. The van der Waals surface area contributed by atoms with Crippen LogP contribution >= 0.6 is 0 Å². The van der Waals surface area contributed by atoms with E-state index in [4.69, 9.17) is 9.94 Å². The van der Waals surface area contributed by atoms with Crippen molar-refractivity contribution < 1.29 is 15.1 Å². The van der Waals surface area contributed by atoms with Gasteiger partial charge in [-0.15, -0.1) is 0 Å². The van der Waals surface area contributed by atoms with Crippen LogP contribution in [0.2, 0.25) is 0 Å². The Balaban J connectivity index is 2.46. The molecular formula is C13H19NO3. The lowest BCUT2D eigenvalue weighted by molar-refractivity contribution is 0.304. The second-order valence-electron chi connectivity index (χ2n) is 3.87. The maximum atomic E-state index is 9.45. The smallest absolute Gasteiger partial charge is 0.124 e. The van der Waals surface area contributed by atoms with E-state index < -0.39 is 0 Å². The topological polar surface area (TPSA) is 62.0 Å². The highest BCUT2D eigenvalue weighted by atomic mass is 16.5. The molecule has 0 radical (unpaired) electrons. The number of oxime groups is 1. The van der Waals surface area contributed by atoms with Crippen LogP contribution in [-0.4, -0.2) is 23.1 Å². The predicted molar refractivity (Wildman–Crippen MR) is 67.1 cm³/mol. The third-order valence-electron chi connectivity index (χ3n) is 2.46. The van der Waals surface area contributed by atoms with Crippen molar-refractivity contribution >= 4 is 6.21 Å². The average molecular weight is 237 g/mol. The maximum Gasteiger partial charge on any atom is 0.124 e. The highest BCUT2D eigenvalue weighted by molar-refractivity contribution is 5.83. The van der Waals surface area contributed by atoms with Crippen LogP contribution in [0.1, 0.15) is 38.2 Å². The van der Waals surface area contributed by atoms with Crippen LogP contribution in [0.15, 0.2) is 23.4 Å². The molecule has 0 saturated carbocycles. The maximum absolute atomic E-state index is 9.45. The molecule has 2 N–H and O–H groups in total. The molecule has 0 fully saturated rings. The minimum atomic E-state index is 0.0705. The normalized spacial score (nSPS) is 10.9. The highest BCUT2D eigenvalue weighted by Crippen LogP contribution is 2.21. The summed E-state index contributed by atoms with van der Waals surface area (Å²) in [6.45, 7) is 2.84. The first kappa shape index (κ1) is 13.4. The molecule has 0 spiro atoms. The Bertz CT molecular complexity index is 364. The summed E-state index contributed by atoms with van der Waals surface area (Å²) < 4.78 is 5.54. The van der Waals surface area contributed by atoms with E-state index in [0.717, 1.165) is 6.42 Å². The number of hydrogen-bond acceptors (Lipinski definition) is 4. The summed E-state index contributed by atoms with van der Waals surface area (Å²) >= 11 is 0. The number of benzene rings is 1. The Labute approximate surface area is 102 Å². The Kier molecular flexibility index (Phi) is 5.93. The first-order valence-corrected chi connectivity index (χ1v) is 5.91. The molecule has 0 aliphatic carbocycles. The molecule has 0 atom stereocenters. The molecule has 4 nitrogen and oxygen atoms in total. The molecule has 0 saturated heterocycles. The van der Waals surface area contributed by atoms with Gasteiger partial charge in [0.15, 0.2) is 0 Å². The zero-order valence-electron chi connectivity index (χ0n) is 10.1. The van der Waals surface area contributed by atoms with Crippen molar-refractivity contribution in [1.82, 2.24) is 0 Å². The molecule has 4 heteroatoms. The van der Waals surface area contributed by atoms with E-state index in [9.17, 15) is 5.11 Å². The van der Waals surface area contributed by atoms with E-state index in [1.807, 2.05) is 0 Å². The summed E-state index contributed by atoms with van der Waals surface area (Å²) in [5, 5.41) is 20.8. The van der Waals surface area contributed by atoms with Crippen LogP contribution < -0.4 is 4.74 Å². The number of aromatic hydroxyl groups is 1. The number of unbranched alkanes of at least 4 members (excludes halogenated alkanes) is 3. The van der Waals surface area contributed by atoms with Crippen molar-refractivity contribution in [2.75, 3.05) is 6.61 Å². The second-order valence-corrected chi connectivity index (χ2v) is 3.87. The number of phenols is 1. The van der Waals surface area contributed by atoms with Crippen molar-refractivity contribution in [3.8, 4) is 11.5 Å². The van der Waals surface area contributed by atoms with Gasteiger partial charge in [0.25, 0.3) is 0 Å². The fourth-order valence-electron chi connectivity index (χ4n) is 1.51. The van der Waals surface area contributed by atoms with Gasteiger partial charge in [0.1, 0.15) is 11.5 Å². The van der Waals surface area contributed by atoms with Gasteiger partial charge in [-0.3, -0.25) is 0 Å². The number of nitrogens with zero attached hydrogens (tertiary/aromatic N) is 1. The SMILES string of the molecule is CCCCCCOc1ccc(O)c(/C=N/O)c1. The molecule has 0 amide bonds. The molecule has 0 aromatic heterocycles. The highest BCUT2D eigenvalue weighted by Gasteiger charge is 2.01. The molecule has 0 aliphatic rings. The largest absolute Gasteiger partial charge is 0.507 e. The number of ether oxygens (including phenoxy) is 1. The lowest BCUT2D eigenvalue weighted by Crippen LogP contribution is -1.97. The van der Waals surface area contributed by atoms with Crippen molar-refractivity contribution in [2.24, 2.45) is 5.16 Å². The quantitative estimate of drug-likeness (QED) is 0.331. The van der Waals surface area contributed by atoms with E-state index in [1.54, 1.807) is 12.1 Å². The van der Waals surface area contributed by atoms with Gasteiger partial charge in [-0.1, -0.05) is 31.3 Å². The Morgan fingerprint density at radius 3 is 2.82 bits per heavy atom. The van der Waals surface area contributed by atoms with Crippen molar-refractivity contribution in [3.63, 3.8) is 0 Å². The van der Waals surface area contributed by atoms with Crippen LogP contribution in [0.25, 0.3) is 0 Å². The van der Waals surface area contributed by atoms with Gasteiger partial charge in [0.05, 0.1) is 12.8 Å². The molecule has 0 heterocycles. The van der Waals surface area contributed by atoms with Crippen LogP contribution in [0.4, 0.5) is 0 Å². The van der Waals surface area contributed by atoms with Crippen LogP contribution in [0.3, 0.4) is 0 Å². The minimum Gasteiger partial charge on any atom is -0.507 e. The van der Waals surface area contributed by atoms with Crippen LogP contribution in [-0.2, 0) is 0 Å². The third kappa shape index (κ3) is 4.76. The molecule has 94 valence electrons. The predicted octanol–water partition coefficient (Wildman–Crippen LogP) is 3.16. The van der Waals surface area contributed by atoms with Crippen LogP contribution in [0.5, 0.6) is 11.5 Å². The fraction of sp³-hybridized carbons (Fsp3) is 0.462. The summed E-state index contributed by atoms with van der Waals surface area (Å²) in [5.41, 5.74) is 0.443. The summed E-state index contributed by atoms with van der Waals surface area (Å²) in [7, 11) is 0. The fourth-order valence-corrected chi connectivity index (χ4v) is 1.51. The molecule has 1 aromatic carbocycles. The van der Waals surface area contributed by atoms with Gasteiger partial charge in [-0.2, -0.15) is 0 Å². The summed E-state index contributed by atoms with van der Waals surface area (Å²) in [4.78, 5) is 0. The third-order valence-corrected chi connectivity index (χ3v) is 2.46. The first-order chi connectivity index (χ1) is 8.27. The molecule has 1 rings (SSSR count). The van der Waals surface area contributed by atoms with Gasteiger partial charge in [0.2, 0.25) is 0 Å². The van der Waals surface area contributed by atoms with Gasteiger partial charge in [0, 0.05) is 5.56 Å². The lowest BCUT2D eigenvalue weighted by atomic mass is 10.2. The van der Waals surface area contributed by atoms with E-state index in [1.165, 1.54) is 31.5 Å². The van der Waals surface area contributed by atoms with E-state index in [2.05, 4.69) is 12.1 Å². The van der Waals surface area contributed by atoms with E-state index >= 15 is 0 Å². The zero-order chi connectivity index (χ0) is 12.5. The Morgan fingerprint density at radius 1 is 1.29 bits per heavy atom. The lowest BCUT2D eigenvalue weighted by Gasteiger charge is -2.07.